The number of likely N-dealkylation sites (N-methyl/N-ethyl adjacent to an activating group) is 1. The van der Waals surface area contributed by atoms with Crippen molar-refractivity contribution in [3.8, 4) is 0 Å². The van der Waals surface area contributed by atoms with E-state index in [-0.39, 0.29) is 6.09 Å². The Balaban J connectivity index is 2.18. The molecule has 0 saturated carbocycles. The molecule has 4 heteroatoms. The Morgan fingerprint density at radius 2 is 1.88 bits per heavy atom. The fourth-order valence-electron chi connectivity index (χ4n) is 1.23. The quantitative estimate of drug-likeness (QED) is 0.790. The molecule has 0 saturated heterocycles. The number of hydrogen-bond acceptors (Lipinski definition) is 2. The van der Waals surface area contributed by atoms with Crippen LogP contribution in [0.3, 0.4) is 0 Å². The molecule has 0 radical (unpaired) electrons. The first kappa shape index (κ1) is 13.5. The minimum atomic E-state index is -0.359. The van der Waals surface area contributed by atoms with Gasteiger partial charge < -0.3 is 14.5 Å². The van der Waals surface area contributed by atoms with Crippen LogP contribution < -0.4 is 5.32 Å². The van der Waals surface area contributed by atoms with Crippen molar-refractivity contribution in [3.63, 3.8) is 0 Å². The number of nitrogens with zero attached hydrogens (tertiary/aromatic N) is 1. The summed E-state index contributed by atoms with van der Waals surface area (Å²) in [5, 5.41) is 2.72. The number of alkyl carbamates (subject to hydrolysis) is 1. The zero-order valence-corrected chi connectivity index (χ0v) is 10.8. The van der Waals surface area contributed by atoms with E-state index >= 15 is 0 Å². The second-order valence-electron chi connectivity index (χ2n) is 4.99. The van der Waals surface area contributed by atoms with Crippen molar-refractivity contribution in [1.82, 2.24) is 5.32 Å². The van der Waals surface area contributed by atoms with Crippen molar-refractivity contribution in [2.24, 2.45) is 0 Å². The van der Waals surface area contributed by atoms with Gasteiger partial charge in [0.25, 0.3) is 0 Å². The molecule has 0 aliphatic heterocycles. The monoisotopic (exact) mass is 237 g/mol. The number of carbonyl (C=O) groups excluding carboxylic acids is 1. The largest absolute Gasteiger partial charge is 0.444 e. The molecule has 0 unspecified atom stereocenters. The molecule has 0 spiro atoms. The zero-order chi connectivity index (χ0) is 12.7. The van der Waals surface area contributed by atoms with Gasteiger partial charge in [-0.1, -0.05) is 30.3 Å². The normalized spacial score (nSPS) is 11.0. The third-order valence-electron chi connectivity index (χ3n) is 2.27. The van der Waals surface area contributed by atoms with Gasteiger partial charge in [-0.3, -0.25) is 0 Å². The molecule has 1 amide bonds. The third-order valence-corrected chi connectivity index (χ3v) is 2.27. The Kier molecular flexibility index (Phi) is 4.97. The van der Waals surface area contributed by atoms with Gasteiger partial charge in [-0.25, -0.2) is 4.79 Å². The van der Waals surface area contributed by atoms with Gasteiger partial charge in [0, 0.05) is 6.54 Å². The van der Waals surface area contributed by atoms with Gasteiger partial charge in [0.15, 0.2) is 0 Å². The fourth-order valence-corrected chi connectivity index (χ4v) is 1.23. The van der Waals surface area contributed by atoms with Crippen LogP contribution in [0.15, 0.2) is 30.3 Å². The first-order valence-electron chi connectivity index (χ1n) is 5.72. The van der Waals surface area contributed by atoms with Crippen molar-refractivity contribution >= 4 is 6.09 Å². The summed E-state index contributed by atoms with van der Waals surface area (Å²) in [5.41, 5.74) is 1.07. The van der Waals surface area contributed by atoms with Crippen molar-refractivity contribution in [1.29, 1.82) is 0 Å². The van der Waals surface area contributed by atoms with Crippen LogP contribution >= 0.6 is 0 Å². The molecule has 0 bridgehead atoms. The molecule has 0 aromatic heterocycles. The Labute approximate surface area is 103 Å². The maximum atomic E-state index is 11.4. The summed E-state index contributed by atoms with van der Waals surface area (Å²) in [7, 11) is 6.18. The summed E-state index contributed by atoms with van der Waals surface area (Å²) in [5.74, 6) is 0. The predicted octanol–water partition coefficient (Wildman–Crippen LogP) is 1.62. The Bertz CT molecular complexity index is 344. The van der Waals surface area contributed by atoms with E-state index in [1.807, 2.05) is 30.3 Å². The molecule has 17 heavy (non-hydrogen) atoms. The smallest absolute Gasteiger partial charge is 0.407 e. The molecule has 0 heterocycles. The van der Waals surface area contributed by atoms with E-state index in [1.165, 1.54) is 0 Å². The van der Waals surface area contributed by atoms with Crippen LogP contribution in [-0.2, 0) is 11.3 Å². The van der Waals surface area contributed by atoms with E-state index in [9.17, 15) is 4.79 Å². The molecular weight excluding hydrogens is 216 g/mol. The number of ether oxygens (including phenoxy) is 1. The molecule has 0 fully saturated rings. The van der Waals surface area contributed by atoms with Gasteiger partial charge in [0.1, 0.15) is 13.2 Å². The van der Waals surface area contributed by atoms with Gasteiger partial charge in [0.05, 0.1) is 21.1 Å². The summed E-state index contributed by atoms with van der Waals surface area (Å²) in [6.07, 6.45) is -0.359. The molecule has 1 rings (SSSR count). The van der Waals surface area contributed by atoms with Crippen molar-refractivity contribution in [2.45, 2.75) is 6.54 Å². The highest BCUT2D eigenvalue weighted by Gasteiger charge is 2.08. The lowest BCUT2D eigenvalue weighted by molar-refractivity contribution is -0.870. The van der Waals surface area contributed by atoms with Gasteiger partial charge in [-0.2, -0.15) is 0 Å². The minimum absolute atomic E-state index is 0.359. The Hall–Kier alpha value is -1.55. The molecule has 0 aliphatic carbocycles. The van der Waals surface area contributed by atoms with E-state index in [0.717, 1.165) is 16.6 Å². The minimum Gasteiger partial charge on any atom is -0.444 e. The van der Waals surface area contributed by atoms with Crippen molar-refractivity contribution < 1.29 is 14.0 Å². The third kappa shape index (κ3) is 6.58. The first-order chi connectivity index (χ1) is 7.97. The molecule has 1 aromatic carbocycles. The molecule has 0 aliphatic rings. The number of nitrogens with one attached hydrogen (secondary N) is 1. The van der Waals surface area contributed by atoms with E-state index in [2.05, 4.69) is 26.5 Å². The van der Waals surface area contributed by atoms with Crippen LogP contribution in [0.2, 0.25) is 0 Å². The summed E-state index contributed by atoms with van der Waals surface area (Å²) >= 11 is 0. The zero-order valence-electron chi connectivity index (χ0n) is 10.8. The number of hydrogen-bond donors (Lipinski definition) is 1. The predicted molar refractivity (Wildman–Crippen MR) is 67.5 cm³/mol. The number of amides is 1. The lowest BCUT2D eigenvalue weighted by atomic mass is 10.2. The number of quaternary nitrogens is 1. The molecular formula is C13H21N2O2+. The van der Waals surface area contributed by atoms with Gasteiger partial charge in [-0.05, 0) is 5.56 Å². The van der Waals surface area contributed by atoms with Gasteiger partial charge >= 0.3 is 6.09 Å². The van der Waals surface area contributed by atoms with Crippen LogP contribution in [-0.4, -0.2) is 44.9 Å². The molecule has 94 valence electrons. The van der Waals surface area contributed by atoms with Crippen LogP contribution in [0.4, 0.5) is 4.79 Å². The lowest BCUT2D eigenvalue weighted by Gasteiger charge is -2.23. The second kappa shape index (κ2) is 6.25. The van der Waals surface area contributed by atoms with Crippen molar-refractivity contribution in [3.05, 3.63) is 35.9 Å². The Morgan fingerprint density at radius 3 is 2.47 bits per heavy atom. The number of rotatable bonds is 5. The average Bonchev–Trinajstić information content (AvgIpc) is 2.26. The summed E-state index contributed by atoms with van der Waals surface area (Å²) in [6, 6.07) is 9.76. The highest BCUT2D eigenvalue weighted by atomic mass is 16.5. The highest BCUT2D eigenvalue weighted by Crippen LogP contribution is 1.97. The van der Waals surface area contributed by atoms with Crippen LogP contribution in [0, 0.1) is 0 Å². The van der Waals surface area contributed by atoms with Gasteiger partial charge in [0.2, 0.25) is 0 Å². The number of carbonyl (C=O) groups is 1. The van der Waals surface area contributed by atoms with Crippen molar-refractivity contribution in [2.75, 3.05) is 34.3 Å². The molecule has 4 nitrogen and oxygen atoms in total. The molecule has 1 aromatic rings. The summed E-state index contributed by atoms with van der Waals surface area (Å²) in [6.45, 7) is 1.74. The van der Waals surface area contributed by atoms with E-state index in [0.29, 0.717) is 13.2 Å². The molecule has 1 N–H and O–H groups in total. The number of benzene rings is 1. The van der Waals surface area contributed by atoms with Crippen LogP contribution in [0.25, 0.3) is 0 Å². The highest BCUT2D eigenvalue weighted by molar-refractivity contribution is 5.67. The van der Waals surface area contributed by atoms with Gasteiger partial charge in [-0.15, -0.1) is 0 Å². The molecule has 0 atom stereocenters. The topological polar surface area (TPSA) is 38.3 Å². The average molecular weight is 237 g/mol. The summed E-state index contributed by atoms with van der Waals surface area (Å²) in [4.78, 5) is 11.4. The maximum absolute atomic E-state index is 11.4. The SMILES string of the molecule is C[N+](C)(C)CCOC(=O)NCc1ccccc1. The second-order valence-corrected chi connectivity index (χ2v) is 4.99. The lowest BCUT2D eigenvalue weighted by Crippen LogP contribution is -2.38. The maximum Gasteiger partial charge on any atom is 0.407 e. The van der Waals surface area contributed by atoms with E-state index in [4.69, 9.17) is 4.74 Å². The Morgan fingerprint density at radius 1 is 1.24 bits per heavy atom. The first-order valence-corrected chi connectivity index (χ1v) is 5.72. The van der Waals surface area contributed by atoms with Crippen LogP contribution in [0.1, 0.15) is 5.56 Å². The van der Waals surface area contributed by atoms with E-state index in [1.54, 1.807) is 0 Å². The summed E-state index contributed by atoms with van der Waals surface area (Å²) < 4.78 is 5.86. The van der Waals surface area contributed by atoms with Crippen LogP contribution in [0.5, 0.6) is 0 Å². The standard InChI is InChI=1S/C13H20N2O2/c1-15(2,3)9-10-17-13(16)14-11-12-7-5-4-6-8-12/h4-8H,9-11H2,1-3H3/p+1. The fraction of sp³-hybridized carbons (Fsp3) is 0.462. The van der Waals surface area contributed by atoms with E-state index < -0.39 is 0 Å².